The number of rotatable bonds is 10. The lowest BCUT2D eigenvalue weighted by Gasteiger charge is -2.30. The molecule has 8 rings (SSSR count). The highest BCUT2D eigenvalue weighted by Crippen LogP contribution is 2.46. The predicted molar refractivity (Wildman–Crippen MR) is 217 cm³/mol. The summed E-state index contributed by atoms with van der Waals surface area (Å²) in [6.07, 6.45) is 9.93. The van der Waals surface area contributed by atoms with Crippen LogP contribution in [0, 0.1) is 12.8 Å². The molecule has 0 radical (unpaired) electrons. The number of hydrogen-bond acceptors (Lipinski definition) is 12. The van der Waals surface area contributed by atoms with Crippen LogP contribution in [0.3, 0.4) is 0 Å². The van der Waals surface area contributed by atoms with Gasteiger partial charge in [0.1, 0.15) is 45.5 Å². The third-order valence-corrected chi connectivity index (χ3v) is 14.2. The van der Waals surface area contributed by atoms with Crippen molar-refractivity contribution < 1.29 is 32.3 Å². The number of carbonyl (C=O) groups excluding carboxylic acids is 4. The van der Waals surface area contributed by atoms with Gasteiger partial charge in [0, 0.05) is 42.6 Å². The average Bonchev–Trinajstić information content (AvgIpc) is 3.86. The van der Waals surface area contributed by atoms with E-state index in [2.05, 4.69) is 25.4 Å². The molecule has 2 saturated carbocycles. The number of ether oxygens (including phenoxy) is 1. The maximum absolute atomic E-state index is 14.9. The zero-order valence-corrected chi connectivity index (χ0v) is 34.8. The van der Waals surface area contributed by atoms with E-state index in [9.17, 15) is 27.6 Å². The van der Waals surface area contributed by atoms with Gasteiger partial charge in [-0.25, -0.2) is 13.4 Å². The van der Waals surface area contributed by atoms with Crippen molar-refractivity contribution in [3.8, 4) is 27.7 Å². The maximum atomic E-state index is 14.9. The van der Waals surface area contributed by atoms with Gasteiger partial charge >= 0.3 is 0 Å². The highest BCUT2D eigenvalue weighted by atomic mass is 32.2. The van der Waals surface area contributed by atoms with Crippen molar-refractivity contribution in [2.45, 2.75) is 107 Å². The summed E-state index contributed by atoms with van der Waals surface area (Å²) in [4.78, 5) is 64.7. The predicted octanol–water partition coefficient (Wildman–Crippen LogP) is 3.55. The Morgan fingerprint density at radius 1 is 1.05 bits per heavy atom. The van der Waals surface area contributed by atoms with Gasteiger partial charge in [-0.05, 0) is 82.7 Å². The molecule has 4 aliphatic rings. The second-order valence-electron chi connectivity index (χ2n) is 15.7. The van der Waals surface area contributed by atoms with Crippen LogP contribution in [0.2, 0.25) is 0 Å². The van der Waals surface area contributed by atoms with E-state index >= 15 is 0 Å². The van der Waals surface area contributed by atoms with Gasteiger partial charge in [-0.3, -0.25) is 28.6 Å². The van der Waals surface area contributed by atoms with E-state index in [4.69, 9.17) is 14.9 Å². The zero-order valence-electron chi connectivity index (χ0n) is 33.2. The van der Waals surface area contributed by atoms with Crippen molar-refractivity contribution >= 4 is 45.0 Å². The molecule has 3 fully saturated rings. The van der Waals surface area contributed by atoms with E-state index in [1.807, 2.05) is 48.7 Å². The van der Waals surface area contributed by atoms with Gasteiger partial charge in [-0.15, -0.1) is 16.4 Å². The molecular weight excluding hydrogens is 797 g/mol. The minimum Gasteiger partial charge on any atom is -0.497 e. The van der Waals surface area contributed by atoms with Gasteiger partial charge in [-0.1, -0.05) is 25.0 Å². The van der Waals surface area contributed by atoms with Crippen LogP contribution in [0.1, 0.15) is 86.9 Å². The van der Waals surface area contributed by atoms with Gasteiger partial charge in [0.2, 0.25) is 21.8 Å². The number of nitrogens with zero attached hydrogens (tertiary/aromatic N) is 7. The van der Waals surface area contributed by atoms with Gasteiger partial charge < -0.3 is 20.3 Å². The largest absolute Gasteiger partial charge is 0.497 e. The summed E-state index contributed by atoms with van der Waals surface area (Å²) < 4.78 is 35.1. The highest BCUT2D eigenvalue weighted by Gasteiger charge is 2.62. The van der Waals surface area contributed by atoms with Crippen LogP contribution in [0.15, 0.2) is 54.1 Å². The summed E-state index contributed by atoms with van der Waals surface area (Å²) in [5.41, 5.74) is 1.31. The molecule has 59 heavy (non-hydrogen) atoms. The van der Waals surface area contributed by atoms with E-state index in [0.29, 0.717) is 72.2 Å². The number of fused-ring (bicyclic) bond motifs is 2. The molecule has 5 atom stereocenters. The number of allylic oxidation sites excluding steroid dienone is 1. The van der Waals surface area contributed by atoms with E-state index in [1.54, 1.807) is 31.0 Å². The molecule has 1 aromatic carbocycles. The fourth-order valence-electron chi connectivity index (χ4n) is 8.06. The van der Waals surface area contributed by atoms with E-state index < -0.39 is 68.5 Å². The number of benzene rings is 1. The number of nitrogens with one attached hydrogen (secondary N) is 3. The number of aromatic nitrogens is 6. The van der Waals surface area contributed by atoms with Crippen molar-refractivity contribution in [2.75, 3.05) is 13.7 Å². The normalized spacial score (nSPS) is 25.5. The molecule has 19 heteroatoms. The summed E-state index contributed by atoms with van der Waals surface area (Å²) in [5, 5.41) is 22.0. The molecular formula is C40H48N10O7S2. The third-order valence-electron chi connectivity index (χ3n) is 11.6. The van der Waals surface area contributed by atoms with Crippen molar-refractivity contribution in [3.63, 3.8) is 0 Å². The number of carbonyl (C=O) groups is 4. The molecule has 0 bridgehead atoms. The van der Waals surface area contributed by atoms with Gasteiger partial charge in [0.15, 0.2) is 0 Å². The summed E-state index contributed by atoms with van der Waals surface area (Å²) in [7, 11) is -2.33. The van der Waals surface area contributed by atoms with E-state index in [0.717, 1.165) is 18.4 Å². The van der Waals surface area contributed by atoms with Crippen LogP contribution >= 0.6 is 11.3 Å². The molecule has 5 heterocycles. The average molecular weight is 845 g/mol. The SMILES string of the molecule is CCn1nc(C)cc1C(=O)N[C@@H]1CCCCC/C=C/[C@@H]2C[C@@]2(C(=O)NS(=O)(=O)C2CC2)NC(=O)[C@@H]2C[C@@H](n3nc(-c4ccc(OC)cc4)c(-c4nccs4)n3)CN2C1=O. The third kappa shape index (κ3) is 8.26. The molecule has 2 aliphatic heterocycles. The van der Waals surface area contributed by atoms with Crippen LogP contribution in [0.25, 0.3) is 22.0 Å². The van der Waals surface area contributed by atoms with Gasteiger partial charge in [-0.2, -0.15) is 15.0 Å². The molecule has 3 aromatic heterocycles. The summed E-state index contributed by atoms with van der Waals surface area (Å²) in [5.74, 6) is -2.09. The summed E-state index contributed by atoms with van der Waals surface area (Å²) >= 11 is 1.40. The molecule has 4 amide bonds. The molecule has 2 aliphatic carbocycles. The Balaban J connectivity index is 1.15. The lowest BCUT2D eigenvalue weighted by molar-refractivity contribution is -0.141. The first-order valence-electron chi connectivity index (χ1n) is 20.1. The van der Waals surface area contributed by atoms with Crippen molar-refractivity contribution in [1.82, 2.24) is 50.0 Å². The zero-order chi connectivity index (χ0) is 41.5. The number of thiazole rings is 1. The summed E-state index contributed by atoms with van der Waals surface area (Å²) in [6, 6.07) is 6.35. The smallest absolute Gasteiger partial charge is 0.270 e. The number of aryl methyl sites for hydroxylation is 2. The van der Waals surface area contributed by atoms with Gasteiger partial charge in [0.05, 0.1) is 24.1 Å². The lowest BCUT2D eigenvalue weighted by atomic mass is 10.0. The van der Waals surface area contributed by atoms with Crippen LogP contribution in [0.5, 0.6) is 5.75 Å². The first-order chi connectivity index (χ1) is 28.4. The van der Waals surface area contributed by atoms with Crippen molar-refractivity contribution in [3.05, 3.63) is 65.4 Å². The first-order valence-corrected chi connectivity index (χ1v) is 22.5. The Morgan fingerprint density at radius 3 is 2.54 bits per heavy atom. The molecule has 312 valence electrons. The second-order valence-corrected chi connectivity index (χ2v) is 18.6. The van der Waals surface area contributed by atoms with Crippen LogP contribution in [-0.2, 0) is 31.0 Å². The topological polar surface area (TPSA) is 212 Å². The molecule has 17 nitrogen and oxygen atoms in total. The van der Waals surface area contributed by atoms with Gasteiger partial charge in [0.25, 0.3) is 11.8 Å². The Kier molecular flexibility index (Phi) is 11.2. The highest BCUT2D eigenvalue weighted by molar-refractivity contribution is 7.91. The Hall–Kier alpha value is -5.43. The fraction of sp³-hybridized carbons (Fsp3) is 0.500. The van der Waals surface area contributed by atoms with Crippen LogP contribution in [0.4, 0.5) is 0 Å². The van der Waals surface area contributed by atoms with Crippen LogP contribution in [-0.4, -0.2) is 103 Å². The Bertz CT molecular complexity index is 2370. The standard InChI is InChI=1S/C40H48N10O7S2/c1-4-49-32(20-24(2)44-49)35(51)42-30-11-9-7-5-6-8-10-26-22-40(26,39(54)47-59(55,56)29-16-17-29)43-36(52)31-21-27(23-48(31)38(30)53)50-45-33(25-12-14-28(57-3)15-13-25)34(46-50)37-41-18-19-58-37/h8,10,12-15,18-20,26-27,29-31H,4-7,9,11,16-17,21-23H2,1-3H3,(H,42,51)(H,43,52)(H,47,54)/b10-8+/t26-,27-,30-,31+,40-/m1/s1. The molecule has 0 spiro atoms. The number of amides is 4. The Labute approximate surface area is 346 Å². The van der Waals surface area contributed by atoms with Crippen molar-refractivity contribution in [1.29, 1.82) is 0 Å². The van der Waals surface area contributed by atoms with E-state index in [1.165, 1.54) is 21.0 Å². The second kappa shape index (κ2) is 16.3. The fourth-order valence-corrected chi connectivity index (χ4v) is 10.0. The summed E-state index contributed by atoms with van der Waals surface area (Å²) in [6.45, 7) is 4.14. The van der Waals surface area contributed by atoms with Crippen LogP contribution < -0.4 is 20.1 Å². The maximum Gasteiger partial charge on any atom is 0.270 e. The number of hydrogen-bond donors (Lipinski definition) is 3. The lowest BCUT2D eigenvalue weighted by Crippen LogP contribution is -2.58. The number of methoxy groups -OCH3 is 1. The van der Waals surface area contributed by atoms with Crippen molar-refractivity contribution in [2.24, 2.45) is 5.92 Å². The monoisotopic (exact) mass is 844 g/mol. The molecule has 3 N–H and O–H groups in total. The molecule has 1 saturated heterocycles. The number of sulfonamides is 1. The molecule has 4 aromatic rings. The Morgan fingerprint density at radius 2 is 1.83 bits per heavy atom. The quantitative estimate of drug-likeness (QED) is 0.197. The van der Waals surface area contributed by atoms with E-state index in [-0.39, 0.29) is 19.4 Å². The minimum atomic E-state index is -3.91. The molecule has 0 unspecified atom stereocenters. The first kappa shape index (κ1) is 40.4. The minimum absolute atomic E-state index is 0.0158.